The minimum absolute atomic E-state index is 0.00967. The molecule has 39 heavy (non-hydrogen) atoms. The van der Waals surface area contributed by atoms with Gasteiger partial charge in [-0.15, -0.1) is 0 Å². The lowest BCUT2D eigenvalue weighted by Gasteiger charge is -2.41. The summed E-state index contributed by atoms with van der Waals surface area (Å²) in [6.45, 7) is 4.85. The highest BCUT2D eigenvalue weighted by Gasteiger charge is 2.68. The molecule has 3 atom stereocenters. The minimum Gasteiger partial charge on any atom is -0.508 e. The van der Waals surface area contributed by atoms with Crippen molar-refractivity contribution < 1.29 is 27.9 Å². The van der Waals surface area contributed by atoms with Crippen molar-refractivity contribution in [2.75, 3.05) is 4.90 Å². The van der Waals surface area contributed by atoms with Crippen LogP contribution in [0, 0.1) is 6.92 Å². The third-order valence-electron chi connectivity index (χ3n) is 8.43. The van der Waals surface area contributed by atoms with E-state index in [4.69, 9.17) is 0 Å². The number of fused-ring (bicyclic) bond motifs is 1. The highest BCUT2D eigenvalue weighted by Crippen LogP contribution is 2.47. The molecule has 2 aromatic rings. The number of anilines is 1. The average Bonchev–Trinajstić information content (AvgIpc) is 3.02. The molecular formula is C29H35N3O6S. The molecule has 0 spiro atoms. The van der Waals surface area contributed by atoms with Gasteiger partial charge in [-0.2, -0.15) is 0 Å². The number of benzene rings is 2. The summed E-state index contributed by atoms with van der Waals surface area (Å²) in [6.07, 6.45) is 4.64. The smallest absolute Gasteiger partial charge is 0.252 e. The molecule has 10 heteroatoms. The number of rotatable bonds is 6. The van der Waals surface area contributed by atoms with Crippen LogP contribution < -0.4 is 10.2 Å². The molecule has 0 unspecified atom stereocenters. The van der Waals surface area contributed by atoms with Gasteiger partial charge in [-0.1, -0.05) is 49.1 Å². The van der Waals surface area contributed by atoms with Crippen LogP contribution >= 0.6 is 0 Å². The monoisotopic (exact) mass is 553 g/mol. The van der Waals surface area contributed by atoms with Gasteiger partial charge in [0.2, 0.25) is 11.8 Å². The lowest BCUT2D eigenvalue weighted by Crippen LogP contribution is -2.61. The molecular weight excluding hydrogens is 518 g/mol. The molecule has 9 nitrogen and oxygen atoms in total. The highest BCUT2D eigenvalue weighted by molar-refractivity contribution is 7.93. The van der Waals surface area contributed by atoms with Crippen molar-refractivity contribution in [3.8, 4) is 5.75 Å². The number of hydrogen-bond acceptors (Lipinski definition) is 6. The standard InChI is InChI=1S/C29H35N3O6S/c1-18-9-13-21(14-10-18)31(28(36)26-29(2,3)39(37,38)24-17-23(34)32(24)26)25(19-11-15-22(33)16-12-19)27(35)30-20-7-5-4-6-8-20/h9-16,20,24-26,33H,4-8,17H2,1-3H3,(H,30,35)/t24-,25+,26+/m1/s1. The van der Waals surface area contributed by atoms with E-state index in [0.717, 1.165) is 37.7 Å². The van der Waals surface area contributed by atoms with E-state index in [-0.39, 0.29) is 18.2 Å². The van der Waals surface area contributed by atoms with Crippen LogP contribution in [-0.2, 0) is 24.2 Å². The van der Waals surface area contributed by atoms with Gasteiger partial charge in [0.15, 0.2) is 9.84 Å². The molecule has 3 amide bonds. The number of carbonyl (C=O) groups excluding carboxylic acids is 3. The maximum Gasteiger partial charge on any atom is 0.252 e. The molecule has 2 N–H and O–H groups in total. The Morgan fingerprint density at radius 3 is 2.23 bits per heavy atom. The van der Waals surface area contributed by atoms with Crippen molar-refractivity contribution in [3.63, 3.8) is 0 Å². The maximum atomic E-state index is 14.6. The fraction of sp³-hybridized carbons (Fsp3) is 0.483. The Hall–Kier alpha value is -3.40. The van der Waals surface area contributed by atoms with Gasteiger partial charge >= 0.3 is 0 Å². The van der Waals surface area contributed by atoms with E-state index >= 15 is 0 Å². The van der Waals surface area contributed by atoms with E-state index in [1.54, 1.807) is 24.3 Å². The van der Waals surface area contributed by atoms with Crippen LogP contribution in [0.5, 0.6) is 5.75 Å². The van der Waals surface area contributed by atoms with Crippen LogP contribution in [0.2, 0.25) is 0 Å². The predicted octanol–water partition coefficient (Wildman–Crippen LogP) is 3.36. The van der Waals surface area contributed by atoms with Crippen LogP contribution in [0.15, 0.2) is 48.5 Å². The fourth-order valence-corrected chi connectivity index (χ4v) is 8.20. The highest BCUT2D eigenvalue weighted by atomic mass is 32.2. The van der Waals surface area contributed by atoms with E-state index in [1.807, 2.05) is 19.1 Å². The van der Waals surface area contributed by atoms with E-state index < -0.39 is 49.8 Å². The Morgan fingerprint density at radius 2 is 1.64 bits per heavy atom. The quantitative estimate of drug-likeness (QED) is 0.529. The number of nitrogens with one attached hydrogen (secondary N) is 1. The molecule has 0 radical (unpaired) electrons. The molecule has 0 aromatic heterocycles. The lowest BCUT2D eigenvalue weighted by molar-refractivity contribution is -0.149. The number of aromatic hydroxyl groups is 1. The molecule has 5 rings (SSSR count). The molecule has 2 saturated heterocycles. The molecule has 1 aliphatic carbocycles. The Bertz CT molecular complexity index is 1380. The zero-order valence-electron chi connectivity index (χ0n) is 22.5. The predicted molar refractivity (Wildman–Crippen MR) is 147 cm³/mol. The van der Waals surface area contributed by atoms with Crippen molar-refractivity contribution in [1.29, 1.82) is 0 Å². The third-order valence-corrected chi connectivity index (χ3v) is 11.2. The Kier molecular flexibility index (Phi) is 6.95. The first-order valence-corrected chi connectivity index (χ1v) is 15.0. The van der Waals surface area contributed by atoms with Crippen LogP contribution in [0.1, 0.15) is 69.5 Å². The molecule has 0 bridgehead atoms. The van der Waals surface area contributed by atoms with Gasteiger partial charge in [0.05, 0.1) is 11.2 Å². The van der Waals surface area contributed by atoms with Crippen LogP contribution in [0.25, 0.3) is 0 Å². The summed E-state index contributed by atoms with van der Waals surface area (Å²) in [4.78, 5) is 43.8. The average molecular weight is 554 g/mol. The van der Waals surface area contributed by atoms with Gasteiger partial charge in [0.1, 0.15) is 23.2 Å². The van der Waals surface area contributed by atoms with E-state index in [0.29, 0.717) is 11.3 Å². The zero-order valence-corrected chi connectivity index (χ0v) is 23.3. The zero-order chi connectivity index (χ0) is 28.1. The van der Waals surface area contributed by atoms with Crippen LogP contribution in [0.4, 0.5) is 5.69 Å². The lowest BCUT2D eigenvalue weighted by atomic mass is 9.93. The third kappa shape index (κ3) is 4.58. The molecule has 2 aliphatic heterocycles. The summed E-state index contributed by atoms with van der Waals surface area (Å²) in [6, 6.07) is 10.7. The summed E-state index contributed by atoms with van der Waals surface area (Å²) >= 11 is 0. The van der Waals surface area contributed by atoms with E-state index in [2.05, 4.69) is 5.32 Å². The normalized spacial score (nSPS) is 24.4. The number of sulfone groups is 1. The second-order valence-corrected chi connectivity index (χ2v) is 14.1. The molecule has 1 saturated carbocycles. The number of aryl methyl sites for hydroxylation is 1. The largest absolute Gasteiger partial charge is 0.508 e. The van der Waals surface area contributed by atoms with Crippen molar-refractivity contribution in [3.05, 3.63) is 59.7 Å². The molecule has 2 aromatic carbocycles. The van der Waals surface area contributed by atoms with Crippen molar-refractivity contribution in [2.24, 2.45) is 0 Å². The summed E-state index contributed by atoms with van der Waals surface area (Å²) in [7, 11) is -3.83. The summed E-state index contributed by atoms with van der Waals surface area (Å²) in [5.41, 5.74) is 1.81. The Balaban J connectivity index is 1.63. The topological polar surface area (TPSA) is 124 Å². The number of nitrogens with zero attached hydrogens (tertiary/aromatic N) is 2. The second-order valence-electron chi connectivity index (χ2n) is 11.4. The number of β-lactam (4-membered cyclic amide) rings is 1. The van der Waals surface area contributed by atoms with Crippen molar-refractivity contribution >= 4 is 33.2 Å². The van der Waals surface area contributed by atoms with Gasteiger partial charge in [-0.25, -0.2) is 8.42 Å². The molecule has 2 heterocycles. The fourth-order valence-electron chi connectivity index (χ4n) is 6.07. The number of phenols is 1. The Labute approximate surface area is 229 Å². The van der Waals surface area contributed by atoms with E-state index in [1.165, 1.54) is 35.8 Å². The molecule has 208 valence electrons. The summed E-state index contributed by atoms with van der Waals surface area (Å²) in [5, 5.41) is 12.0. The minimum atomic E-state index is -3.83. The van der Waals surface area contributed by atoms with E-state index in [9.17, 15) is 27.9 Å². The van der Waals surface area contributed by atoms with Gasteiger partial charge in [0, 0.05) is 11.7 Å². The number of hydrogen-bond donors (Lipinski definition) is 2. The molecule has 3 aliphatic rings. The van der Waals surface area contributed by atoms with Crippen LogP contribution in [0.3, 0.4) is 0 Å². The van der Waals surface area contributed by atoms with Gasteiger partial charge in [-0.05, 0) is 63.4 Å². The summed E-state index contributed by atoms with van der Waals surface area (Å²) in [5.74, 6) is -1.42. The van der Waals surface area contributed by atoms with Crippen molar-refractivity contribution in [2.45, 2.75) is 87.5 Å². The summed E-state index contributed by atoms with van der Waals surface area (Å²) < 4.78 is 25.1. The first-order chi connectivity index (χ1) is 18.4. The second kappa shape index (κ2) is 9.97. The van der Waals surface area contributed by atoms with Gasteiger partial charge < -0.3 is 15.3 Å². The molecule has 3 fully saturated rings. The SMILES string of the molecule is Cc1ccc(N(C(=O)[C@@H]2N3C(=O)C[C@H]3S(=O)(=O)C2(C)C)[C@H](C(=O)NC2CCCCC2)c2ccc(O)cc2)cc1. The maximum absolute atomic E-state index is 14.6. The first kappa shape index (κ1) is 27.2. The first-order valence-electron chi connectivity index (χ1n) is 13.5. The number of amides is 3. The number of phenolic OH excluding ortho intramolecular Hbond substituents is 1. The Morgan fingerprint density at radius 1 is 1.03 bits per heavy atom. The van der Waals surface area contributed by atoms with Gasteiger partial charge in [0.25, 0.3) is 5.91 Å². The van der Waals surface area contributed by atoms with Gasteiger partial charge in [-0.3, -0.25) is 19.3 Å². The van der Waals surface area contributed by atoms with Crippen molar-refractivity contribution in [1.82, 2.24) is 10.2 Å². The van der Waals surface area contributed by atoms with Crippen LogP contribution in [-0.4, -0.2) is 58.4 Å². The number of carbonyl (C=O) groups is 3.